The largest absolute Gasteiger partial charge is 0.381 e. The predicted molar refractivity (Wildman–Crippen MR) is 154 cm³/mol. The van der Waals surface area contributed by atoms with Gasteiger partial charge in [0, 0.05) is 47.2 Å². The molecule has 0 heterocycles. The fraction of sp³-hybridized carbons (Fsp3) is 0.0968. The number of rotatable bonds is 7. The molecule has 184 valence electrons. The summed E-state index contributed by atoms with van der Waals surface area (Å²) in [5.74, 6) is -0.162. The number of hydrogen-bond donors (Lipinski definition) is 3. The third kappa shape index (κ3) is 5.60. The number of fused-ring (bicyclic) bond motifs is 2. The lowest BCUT2D eigenvalue weighted by Gasteiger charge is -2.18. The Morgan fingerprint density at radius 1 is 0.595 bits per heavy atom. The van der Waals surface area contributed by atoms with Crippen LogP contribution in [0.4, 0.5) is 17.1 Å². The van der Waals surface area contributed by atoms with Crippen LogP contribution < -0.4 is 16.0 Å². The monoisotopic (exact) mass is 505 g/mol. The lowest BCUT2D eigenvalue weighted by molar-refractivity contribution is -0.115. The zero-order valence-corrected chi connectivity index (χ0v) is 21.5. The Morgan fingerprint density at radius 3 is 1.51 bits per heavy atom. The first kappa shape index (κ1) is 24.4. The summed E-state index contributed by atoms with van der Waals surface area (Å²) in [6.45, 7) is 3.68. The summed E-state index contributed by atoms with van der Waals surface area (Å²) in [7, 11) is 0. The highest BCUT2D eigenvalue weighted by atomic mass is 32.2. The molecule has 3 N–H and O–H groups in total. The molecule has 0 radical (unpaired) electrons. The first-order valence-corrected chi connectivity index (χ1v) is 12.9. The lowest BCUT2D eigenvalue weighted by atomic mass is 9.96. The second-order valence-corrected chi connectivity index (χ2v) is 9.90. The molecule has 0 saturated carbocycles. The zero-order chi connectivity index (χ0) is 25.8. The second kappa shape index (κ2) is 10.8. The smallest absolute Gasteiger partial charge is 0.221 e. The van der Waals surface area contributed by atoms with Gasteiger partial charge in [0.05, 0.1) is 0 Å². The third-order valence-electron chi connectivity index (χ3n) is 6.06. The summed E-state index contributed by atoms with van der Waals surface area (Å²) in [5, 5.41) is 14.0. The Kier molecular flexibility index (Phi) is 7.10. The van der Waals surface area contributed by atoms with E-state index in [0.717, 1.165) is 22.0 Å². The van der Waals surface area contributed by atoms with Crippen molar-refractivity contribution in [3.05, 3.63) is 103 Å². The van der Waals surface area contributed by atoms with Gasteiger partial charge in [-0.25, -0.2) is 0 Å². The average Bonchev–Trinajstić information content (AvgIpc) is 2.89. The first-order valence-electron chi connectivity index (χ1n) is 12.1. The van der Waals surface area contributed by atoms with E-state index in [1.165, 1.54) is 45.9 Å². The van der Waals surface area contributed by atoms with E-state index in [2.05, 4.69) is 64.5 Å². The molecule has 37 heavy (non-hydrogen) atoms. The van der Waals surface area contributed by atoms with Gasteiger partial charge in [-0.3, -0.25) is 9.59 Å². The number of nitrogens with one attached hydrogen (secondary N) is 3. The van der Waals surface area contributed by atoms with Crippen molar-refractivity contribution in [2.45, 2.75) is 30.2 Å². The Labute approximate surface area is 220 Å². The minimum absolute atomic E-state index is 0.0785. The Hall–Kier alpha value is -4.29. The van der Waals surface area contributed by atoms with Gasteiger partial charge in [0.1, 0.15) is 0 Å². The van der Waals surface area contributed by atoms with Crippen molar-refractivity contribution in [2.24, 2.45) is 0 Å². The average molecular weight is 506 g/mol. The van der Waals surface area contributed by atoms with E-state index >= 15 is 0 Å². The number of hydrogen-bond acceptors (Lipinski definition) is 4. The van der Waals surface area contributed by atoms with Crippen molar-refractivity contribution in [1.29, 1.82) is 0 Å². The number of carbonyl (C=O) groups is 2. The fourth-order valence-corrected chi connectivity index (χ4v) is 5.56. The molecule has 5 aromatic carbocycles. The number of anilines is 3. The van der Waals surface area contributed by atoms with Gasteiger partial charge in [-0.2, -0.15) is 0 Å². The van der Waals surface area contributed by atoms with Gasteiger partial charge in [-0.1, -0.05) is 60.3 Å². The maximum absolute atomic E-state index is 11.4. The van der Waals surface area contributed by atoms with Crippen molar-refractivity contribution < 1.29 is 9.59 Å². The quantitative estimate of drug-likeness (QED) is 0.199. The van der Waals surface area contributed by atoms with E-state index in [4.69, 9.17) is 0 Å². The summed E-state index contributed by atoms with van der Waals surface area (Å²) < 4.78 is 0. The topological polar surface area (TPSA) is 70.2 Å². The highest BCUT2D eigenvalue weighted by molar-refractivity contribution is 7.99. The van der Waals surface area contributed by atoms with Crippen LogP contribution in [0.15, 0.2) is 107 Å². The molecule has 0 saturated heterocycles. The SMILES string of the molecule is CC(=O)Nc1ccc(NCc2c3ccccc3c(Sc3ccc(NC(C)=O)cc3)c3ccccc23)cc1. The number of benzene rings is 5. The molecule has 0 aliphatic carbocycles. The van der Waals surface area contributed by atoms with Crippen molar-refractivity contribution in [3.8, 4) is 0 Å². The van der Waals surface area contributed by atoms with Crippen molar-refractivity contribution in [2.75, 3.05) is 16.0 Å². The van der Waals surface area contributed by atoms with Gasteiger partial charge < -0.3 is 16.0 Å². The molecular weight excluding hydrogens is 478 g/mol. The van der Waals surface area contributed by atoms with E-state index in [-0.39, 0.29) is 11.8 Å². The summed E-state index contributed by atoms with van der Waals surface area (Å²) >= 11 is 1.74. The molecule has 5 nitrogen and oxygen atoms in total. The van der Waals surface area contributed by atoms with Crippen LogP contribution in [-0.2, 0) is 16.1 Å². The molecule has 5 rings (SSSR count). The van der Waals surface area contributed by atoms with Gasteiger partial charge in [0.2, 0.25) is 11.8 Å². The molecule has 0 bridgehead atoms. The number of amides is 2. The van der Waals surface area contributed by atoms with Gasteiger partial charge in [-0.15, -0.1) is 0 Å². The molecule has 0 aliphatic heterocycles. The van der Waals surface area contributed by atoms with E-state index in [1.54, 1.807) is 11.8 Å². The van der Waals surface area contributed by atoms with Crippen LogP contribution in [0.5, 0.6) is 0 Å². The van der Waals surface area contributed by atoms with Crippen LogP contribution in [-0.4, -0.2) is 11.8 Å². The highest BCUT2D eigenvalue weighted by Gasteiger charge is 2.15. The van der Waals surface area contributed by atoms with Gasteiger partial charge in [0.15, 0.2) is 0 Å². The molecule has 0 aliphatic rings. The molecular formula is C31H27N3O2S. The molecule has 0 spiro atoms. The zero-order valence-electron chi connectivity index (χ0n) is 20.7. The minimum Gasteiger partial charge on any atom is -0.381 e. The fourth-order valence-electron chi connectivity index (χ4n) is 4.47. The summed E-state index contributed by atoms with van der Waals surface area (Å²) in [6.07, 6.45) is 0. The van der Waals surface area contributed by atoms with Gasteiger partial charge in [-0.05, 0) is 75.6 Å². The van der Waals surface area contributed by atoms with E-state index in [1.807, 2.05) is 48.5 Å². The standard InChI is InChI=1S/C31H27N3O2S/c1-20(35)33-23-13-11-22(12-14-23)32-19-30-26-7-3-5-9-28(26)31(29-10-6-4-8-27(29)30)37-25-17-15-24(16-18-25)34-21(2)36/h3-18,32H,19H2,1-2H3,(H,33,35)(H,34,36). The van der Waals surface area contributed by atoms with Crippen LogP contribution >= 0.6 is 11.8 Å². The van der Waals surface area contributed by atoms with Crippen molar-refractivity contribution in [3.63, 3.8) is 0 Å². The maximum Gasteiger partial charge on any atom is 0.221 e. The highest BCUT2D eigenvalue weighted by Crippen LogP contribution is 2.42. The van der Waals surface area contributed by atoms with Gasteiger partial charge >= 0.3 is 0 Å². The van der Waals surface area contributed by atoms with E-state index < -0.39 is 0 Å². The molecule has 0 unspecified atom stereocenters. The molecule has 6 heteroatoms. The number of carbonyl (C=O) groups excluding carboxylic acids is 2. The predicted octanol–water partition coefficient (Wildman–Crippen LogP) is 7.67. The van der Waals surface area contributed by atoms with Crippen LogP contribution in [0.2, 0.25) is 0 Å². The summed E-state index contributed by atoms with van der Waals surface area (Å²) in [5.41, 5.74) is 3.79. The lowest BCUT2D eigenvalue weighted by Crippen LogP contribution is -2.06. The van der Waals surface area contributed by atoms with Gasteiger partial charge in [0.25, 0.3) is 0 Å². The van der Waals surface area contributed by atoms with E-state index in [0.29, 0.717) is 6.54 Å². The molecule has 0 fully saturated rings. The minimum atomic E-state index is -0.0831. The Bertz CT molecular complexity index is 1540. The van der Waals surface area contributed by atoms with Crippen LogP contribution in [0.1, 0.15) is 19.4 Å². The van der Waals surface area contributed by atoms with Crippen LogP contribution in [0.3, 0.4) is 0 Å². The molecule has 2 amide bonds. The Balaban J connectivity index is 1.50. The molecule has 0 aromatic heterocycles. The normalized spacial score (nSPS) is 10.9. The summed E-state index contributed by atoms with van der Waals surface area (Å²) in [4.78, 5) is 25.0. The van der Waals surface area contributed by atoms with Crippen molar-refractivity contribution in [1.82, 2.24) is 0 Å². The van der Waals surface area contributed by atoms with Crippen molar-refractivity contribution >= 4 is 62.2 Å². The van der Waals surface area contributed by atoms with Crippen LogP contribution in [0, 0.1) is 0 Å². The van der Waals surface area contributed by atoms with E-state index in [9.17, 15) is 9.59 Å². The summed E-state index contributed by atoms with van der Waals surface area (Å²) in [6, 6.07) is 32.8. The maximum atomic E-state index is 11.4. The second-order valence-electron chi connectivity index (χ2n) is 8.82. The third-order valence-corrected chi connectivity index (χ3v) is 7.21. The first-order chi connectivity index (χ1) is 18.0. The Morgan fingerprint density at radius 2 is 1.03 bits per heavy atom. The van der Waals surface area contributed by atoms with Crippen LogP contribution in [0.25, 0.3) is 21.5 Å². The molecule has 0 atom stereocenters. The molecule has 5 aromatic rings.